The van der Waals surface area contributed by atoms with Crippen molar-refractivity contribution in [1.82, 2.24) is 4.90 Å². The normalized spacial score (nSPS) is 27.6. The predicted octanol–water partition coefficient (Wildman–Crippen LogP) is 2.44. The summed E-state index contributed by atoms with van der Waals surface area (Å²) in [7, 11) is 0. The lowest BCUT2D eigenvalue weighted by Gasteiger charge is -2.37. The fraction of sp³-hybridized carbons (Fsp3) is 0.609. The summed E-state index contributed by atoms with van der Waals surface area (Å²) in [4.78, 5) is 13.0. The number of morpholine rings is 1. The molecule has 30 heavy (non-hydrogen) atoms. The minimum atomic E-state index is -0.758. The van der Waals surface area contributed by atoms with Crippen molar-refractivity contribution in [2.45, 2.75) is 57.0 Å². The number of hydrogen-bond acceptors (Lipinski definition) is 6. The van der Waals surface area contributed by atoms with Gasteiger partial charge in [-0.2, -0.15) is 0 Å². The first-order valence-corrected chi connectivity index (χ1v) is 10.9. The third kappa shape index (κ3) is 6.54. The number of allylic oxidation sites excluding steroid dienone is 2. The first-order chi connectivity index (χ1) is 14.5. The van der Waals surface area contributed by atoms with Crippen LogP contribution >= 0.6 is 0 Å². The van der Waals surface area contributed by atoms with E-state index < -0.39 is 12.1 Å². The van der Waals surface area contributed by atoms with Gasteiger partial charge < -0.3 is 25.4 Å². The van der Waals surface area contributed by atoms with E-state index in [4.69, 9.17) is 20.3 Å². The maximum atomic E-state index is 10.8. The van der Waals surface area contributed by atoms with Crippen LogP contribution in [0.15, 0.2) is 36.4 Å². The van der Waals surface area contributed by atoms with Crippen LogP contribution in [-0.4, -0.2) is 65.6 Å². The first-order valence-electron chi connectivity index (χ1n) is 10.9. The highest BCUT2D eigenvalue weighted by atomic mass is 16.5. The summed E-state index contributed by atoms with van der Waals surface area (Å²) in [6.07, 6.45) is 6.73. The molecule has 1 saturated carbocycles. The standard InChI is InChI=1S/C23H34N2O5/c24-18-9-7-17(8-10-18)16-30-21-15-20(26)23(25-11-13-29-14-12-25)19(21)5-3-1-2-4-6-22(27)28/h1,3,7-10,19-21,23,26H,2,4-6,11-16,24H2,(H,27,28)/t19-,20+,21-,23+/m0/s1. The third-order valence-electron chi connectivity index (χ3n) is 6.03. The Kier molecular flexibility index (Phi) is 8.69. The van der Waals surface area contributed by atoms with Crippen LogP contribution in [0.4, 0.5) is 5.69 Å². The van der Waals surface area contributed by atoms with E-state index in [1.54, 1.807) is 0 Å². The summed E-state index contributed by atoms with van der Waals surface area (Å²) in [6.45, 7) is 3.53. The van der Waals surface area contributed by atoms with Crippen LogP contribution in [-0.2, 0) is 20.9 Å². The molecule has 0 amide bonds. The van der Waals surface area contributed by atoms with E-state index in [2.05, 4.69) is 17.1 Å². The van der Waals surface area contributed by atoms with Crippen molar-refractivity contribution in [3.05, 3.63) is 42.0 Å². The number of nitrogens with two attached hydrogens (primary N) is 1. The largest absolute Gasteiger partial charge is 0.481 e. The summed E-state index contributed by atoms with van der Waals surface area (Å²) in [5.41, 5.74) is 7.56. The molecule has 1 aromatic carbocycles. The number of aliphatic hydroxyl groups excluding tert-OH is 1. The van der Waals surface area contributed by atoms with Gasteiger partial charge in [0.1, 0.15) is 0 Å². The highest BCUT2D eigenvalue weighted by Crippen LogP contribution is 2.36. The fourth-order valence-corrected chi connectivity index (χ4v) is 4.49. The molecule has 4 N–H and O–H groups in total. The monoisotopic (exact) mass is 418 g/mol. The lowest BCUT2D eigenvalue weighted by Crippen LogP contribution is -2.50. The van der Waals surface area contributed by atoms with Crippen LogP contribution in [0.3, 0.4) is 0 Å². The van der Waals surface area contributed by atoms with E-state index in [0.717, 1.165) is 37.2 Å². The zero-order chi connectivity index (χ0) is 21.3. The van der Waals surface area contributed by atoms with Gasteiger partial charge in [0.25, 0.3) is 0 Å². The van der Waals surface area contributed by atoms with Gasteiger partial charge in [0.05, 0.1) is 32.0 Å². The van der Waals surface area contributed by atoms with E-state index >= 15 is 0 Å². The van der Waals surface area contributed by atoms with E-state index in [1.165, 1.54) is 0 Å². The van der Waals surface area contributed by atoms with Gasteiger partial charge in [-0.05, 0) is 37.0 Å². The fourth-order valence-electron chi connectivity index (χ4n) is 4.49. The maximum absolute atomic E-state index is 10.8. The van der Waals surface area contributed by atoms with Gasteiger partial charge in [-0.1, -0.05) is 24.3 Å². The Balaban J connectivity index is 1.62. The zero-order valence-corrected chi connectivity index (χ0v) is 17.5. The molecule has 2 aliphatic rings. The number of unbranched alkanes of at least 4 members (excludes halogenated alkanes) is 1. The van der Waals surface area contributed by atoms with Gasteiger partial charge in [0, 0.05) is 43.6 Å². The number of carboxylic acids is 1. The number of ether oxygens (including phenoxy) is 2. The molecule has 0 unspecified atom stereocenters. The second-order valence-electron chi connectivity index (χ2n) is 8.19. The van der Waals surface area contributed by atoms with Gasteiger partial charge in [-0.15, -0.1) is 0 Å². The Morgan fingerprint density at radius 3 is 2.67 bits per heavy atom. The van der Waals surface area contributed by atoms with E-state index in [0.29, 0.717) is 32.7 Å². The molecule has 1 aliphatic carbocycles. The molecule has 0 spiro atoms. The Labute approximate surface area is 178 Å². The number of aliphatic carboxylic acids is 1. The molecule has 166 valence electrons. The van der Waals surface area contributed by atoms with Crippen LogP contribution < -0.4 is 5.73 Å². The van der Waals surface area contributed by atoms with E-state index in [9.17, 15) is 9.90 Å². The number of rotatable bonds is 10. The Morgan fingerprint density at radius 2 is 1.97 bits per heavy atom. The molecule has 1 heterocycles. The van der Waals surface area contributed by atoms with Crippen molar-refractivity contribution in [2.24, 2.45) is 5.92 Å². The molecule has 7 heteroatoms. The number of nitrogen functional groups attached to an aromatic ring is 1. The van der Waals surface area contributed by atoms with Gasteiger partial charge in [-0.25, -0.2) is 0 Å². The number of carbonyl (C=O) groups is 1. The zero-order valence-electron chi connectivity index (χ0n) is 17.5. The van der Waals surface area contributed by atoms with Crippen molar-refractivity contribution < 1.29 is 24.5 Å². The summed E-state index contributed by atoms with van der Waals surface area (Å²) >= 11 is 0. The highest BCUT2D eigenvalue weighted by Gasteiger charge is 2.45. The number of nitrogens with zero attached hydrogens (tertiary/aromatic N) is 1. The van der Waals surface area contributed by atoms with Crippen LogP contribution in [0.2, 0.25) is 0 Å². The Hall–Kier alpha value is -1.93. The summed E-state index contributed by atoms with van der Waals surface area (Å²) in [5.74, 6) is -0.576. The SMILES string of the molecule is Nc1ccc(CO[C@H]2C[C@@H](O)[C@H](N3CCOCC3)[C@H]2CC=CCCCC(=O)O)cc1. The van der Waals surface area contributed by atoms with Crippen LogP contribution in [0, 0.1) is 5.92 Å². The molecule has 1 aromatic rings. The molecular weight excluding hydrogens is 384 g/mol. The number of carboxylic acid groups (broad SMARTS) is 1. The van der Waals surface area contributed by atoms with Crippen LogP contribution in [0.1, 0.15) is 37.7 Å². The summed E-state index contributed by atoms with van der Waals surface area (Å²) in [6, 6.07) is 7.73. The molecule has 7 nitrogen and oxygen atoms in total. The average Bonchev–Trinajstić information content (AvgIpc) is 3.05. The molecule has 0 aromatic heterocycles. The van der Waals surface area contributed by atoms with Crippen molar-refractivity contribution in [2.75, 3.05) is 32.0 Å². The predicted molar refractivity (Wildman–Crippen MR) is 115 cm³/mol. The van der Waals surface area contributed by atoms with Gasteiger partial charge >= 0.3 is 5.97 Å². The van der Waals surface area contributed by atoms with Crippen molar-refractivity contribution in [3.63, 3.8) is 0 Å². The molecule has 1 saturated heterocycles. The average molecular weight is 419 g/mol. The van der Waals surface area contributed by atoms with Crippen molar-refractivity contribution >= 4 is 11.7 Å². The number of anilines is 1. The minimum Gasteiger partial charge on any atom is -0.481 e. The smallest absolute Gasteiger partial charge is 0.303 e. The van der Waals surface area contributed by atoms with Crippen LogP contribution in [0.25, 0.3) is 0 Å². The molecule has 3 rings (SSSR count). The van der Waals surface area contributed by atoms with E-state index in [-0.39, 0.29) is 24.5 Å². The molecule has 4 atom stereocenters. The molecule has 1 aliphatic heterocycles. The quantitative estimate of drug-likeness (QED) is 0.304. The van der Waals surface area contributed by atoms with Gasteiger partial charge in [0.2, 0.25) is 0 Å². The van der Waals surface area contributed by atoms with Crippen LogP contribution in [0.5, 0.6) is 0 Å². The second kappa shape index (κ2) is 11.5. The van der Waals surface area contributed by atoms with E-state index in [1.807, 2.05) is 24.3 Å². The van der Waals surface area contributed by atoms with Crippen molar-refractivity contribution in [1.29, 1.82) is 0 Å². The third-order valence-corrected chi connectivity index (χ3v) is 6.03. The lowest BCUT2D eigenvalue weighted by atomic mass is 9.94. The van der Waals surface area contributed by atoms with Crippen molar-refractivity contribution in [3.8, 4) is 0 Å². The molecular formula is C23H34N2O5. The highest BCUT2D eigenvalue weighted by molar-refractivity contribution is 5.66. The number of aliphatic hydroxyl groups is 1. The number of hydrogen-bond donors (Lipinski definition) is 3. The molecule has 0 radical (unpaired) electrons. The first kappa shape index (κ1) is 22.7. The minimum absolute atomic E-state index is 0.0333. The summed E-state index contributed by atoms with van der Waals surface area (Å²) in [5, 5.41) is 19.6. The second-order valence-corrected chi connectivity index (χ2v) is 8.19. The molecule has 2 fully saturated rings. The summed E-state index contributed by atoms with van der Waals surface area (Å²) < 4.78 is 11.8. The topological polar surface area (TPSA) is 105 Å². The molecule has 0 bridgehead atoms. The Bertz CT molecular complexity index is 687. The lowest BCUT2D eigenvalue weighted by molar-refractivity contribution is -0.137. The maximum Gasteiger partial charge on any atom is 0.303 e. The Morgan fingerprint density at radius 1 is 1.23 bits per heavy atom. The van der Waals surface area contributed by atoms with Gasteiger partial charge in [0.15, 0.2) is 0 Å². The van der Waals surface area contributed by atoms with Gasteiger partial charge in [-0.3, -0.25) is 9.69 Å². The number of benzene rings is 1.